The number of aromatic amines is 1. The van der Waals surface area contributed by atoms with Crippen molar-refractivity contribution >= 4 is 21.8 Å². The summed E-state index contributed by atoms with van der Waals surface area (Å²) in [5, 5.41) is 9.78. The fourth-order valence-electron chi connectivity index (χ4n) is 2.33. The minimum Gasteiger partial charge on any atom is -0.316 e. The highest BCUT2D eigenvalue weighted by Crippen LogP contribution is 2.37. The summed E-state index contributed by atoms with van der Waals surface area (Å²) in [5.74, 6) is 1.10. The van der Waals surface area contributed by atoms with E-state index in [1.807, 2.05) is 18.7 Å². The molecule has 1 unspecified atom stereocenters. The minimum atomic E-state index is -3.56. The first-order valence-corrected chi connectivity index (χ1v) is 9.17. The van der Waals surface area contributed by atoms with Crippen LogP contribution in [0.25, 0.3) is 0 Å². The third kappa shape index (κ3) is 3.36. The topological polar surface area (TPSA) is 86.9 Å². The van der Waals surface area contributed by atoms with Gasteiger partial charge in [-0.2, -0.15) is 16.9 Å². The molecule has 0 amide bonds. The third-order valence-corrected chi connectivity index (χ3v) is 6.49. The number of hydrogen-bond acceptors (Lipinski definition) is 5. The standard InChI is InChI=1S/C12H22N4O2S2/c1-9-10(7-13-3)11(16-15-9)20(17,18)14-8-12(2)5-4-6-19-12/h13-14H,4-8H2,1-3H3,(H,15,16). The molecule has 1 fully saturated rings. The van der Waals surface area contributed by atoms with E-state index in [1.165, 1.54) is 0 Å². The van der Waals surface area contributed by atoms with E-state index in [0.717, 1.165) is 24.3 Å². The van der Waals surface area contributed by atoms with Crippen molar-refractivity contribution in [2.45, 2.75) is 43.0 Å². The summed E-state index contributed by atoms with van der Waals surface area (Å²) < 4.78 is 27.5. The summed E-state index contributed by atoms with van der Waals surface area (Å²) in [6, 6.07) is 0. The van der Waals surface area contributed by atoms with Crippen LogP contribution in [0.15, 0.2) is 5.03 Å². The lowest BCUT2D eigenvalue weighted by Gasteiger charge is -2.22. The number of aromatic nitrogens is 2. The second-order valence-corrected chi connectivity index (χ2v) is 8.75. The van der Waals surface area contributed by atoms with Gasteiger partial charge in [-0.1, -0.05) is 0 Å². The molecular formula is C12H22N4O2S2. The lowest BCUT2D eigenvalue weighted by molar-refractivity contribution is 0.548. The average Bonchev–Trinajstić information content (AvgIpc) is 2.97. The van der Waals surface area contributed by atoms with Crippen LogP contribution < -0.4 is 10.0 Å². The van der Waals surface area contributed by atoms with E-state index >= 15 is 0 Å². The number of nitrogens with one attached hydrogen (secondary N) is 3. The van der Waals surface area contributed by atoms with Crippen LogP contribution in [0.2, 0.25) is 0 Å². The molecule has 20 heavy (non-hydrogen) atoms. The van der Waals surface area contributed by atoms with Gasteiger partial charge in [0.15, 0.2) is 5.03 Å². The number of nitrogens with zero attached hydrogens (tertiary/aromatic N) is 1. The van der Waals surface area contributed by atoms with Crippen molar-refractivity contribution < 1.29 is 8.42 Å². The van der Waals surface area contributed by atoms with E-state index in [-0.39, 0.29) is 9.77 Å². The van der Waals surface area contributed by atoms with E-state index < -0.39 is 10.0 Å². The zero-order chi connectivity index (χ0) is 14.8. The van der Waals surface area contributed by atoms with Gasteiger partial charge in [0, 0.05) is 29.1 Å². The van der Waals surface area contributed by atoms with Crippen molar-refractivity contribution in [2.75, 3.05) is 19.3 Å². The van der Waals surface area contributed by atoms with Crippen LogP contribution in [0.3, 0.4) is 0 Å². The predicted molar refractivity (Wildman–Crippen MR) is 81.4 cm³/mol. The first-order chi connectivity index (χ1) is 9.38. The molecule has 1 aliphatic rings. The predicted octanol–water partition coefficient (Wildman–Crippen LogP) is 1.00. The smallest absolute Gasteiger partial charge is 0.260 e. The van der Waals surface area contributed by atoms with Gasteiger partial charge < -0.3 is 5.32 Å². The van der Waals surface area contributed by atoms with Gasteiger partial charge in [-0.25, -0.2) is 13.1 Å². The van der Waals surface area contributed by atoms with Crippen LogP contribution in [0.5, 0.6) is 0 Å². The van der Waals surface area contributed by atoms with Gasteiger partial charge in [-0.05, 0) is 39.5 Å². The molecule has 3 N–H and O–H groups in total. The van der Waals surface area contributed by atoms with Crippen molar-refractivity contribution in [3.63, 3.8) is 0 Å². The van der Waals surface area contributed by atoms with Crippen molar-refractivity contribution in [3.05, 3.63) is 11.3 Å². The van der Waals surface area contributed by atoms with Crippen LogP contribution >= 0.6 is 11.8 Å². The zero-order valence-corrected chi connectivity index (χ0v) is 13.7. The van der Waals surface area contributed by atoms with Crippen LogP contribution in [0.1, 0.15) is 31.0 Å². The highest BCUT2D eigenvalue weighted by molar-refractivity contribution is 8.01. The highest BCUT2D eigenvalue weighted by Gasteiger charge is 2.32. The maximum absolute atomic E-state index is 12.4. The molecule has 1 aromatic heterocycles. The molecule has 2 heterocycles. The molecule has 1 saturated heterocycles. The van der Waals surface area contributed by atoms with Crippen LogP contribution in [-0.2, 0) is 16.6 Å². The first kappa shape index (κ1) is 15.8. The van der Waals surface area contributed by atoms with Gasteiger partial charge >= 0.3 is 0 Å². The quantitative estimate of drug-likeness (QED) is 0.728. The molecule has 0 spiro atoms. The summed E-state index contributed by atoms with van der Waals surface area (Å²) in [7, 11) is -1.78. The maximum atomic E-state index is 12.4. The first-order valence-electron chi connectivity index (χ1n) is 6.70. The Morgan fingerprint density at radius 2 is 2.25 bits per heavy atom. The molecule has 0 radical (unpaired) electrons. The Balaban J connectivity index is 2.14. The van der Waals surface area contributed by atoms with Crippen LogP contribution in [0.4, 0.5) is 0 Å². The Kier molecular flexibility index (Phi) is 4.78. The monoisotopic (exact) mass is 318 g/mol. The molecule has 1 atom stereocenters. The summed E-state index contributed by atoms with van der Waals surface area (Å²) in [4.78, 5) is 0. The molecule has 1 aliphatic heterocycles. The molecule has 2 rings (SSSR count). The summed E-state index contributed by atoms with van der Waals surface area (Å²) in [6.07, 6.45) is 2.19. The lowest BCUT2D eigenvalue weighted by atomic mass is 10.1. The van der Waals surface area contributed by atoms with Gasteiger partial charge in [0.1, 0.15) is 0 Å². The molecule has 8 heteroatoms. The Morgan fingerprint density at radius 3 is 2.85 bits per heavy atom. The molecule has 1 aromatic rings. The second kappa shape index (κ2) is 6.05. The maximum Gasteiger partial charge on any atom is 0.260 e. The Morgan fingerprint density at radius 1 is 1.50 bits per heavy atom. The number of aryl methyl sites for hydroxylation is 1. The highest BCUT2D eigenvalue weighted by atomic mass is 32.2. The van der Waals surface area contributed by atoms with Gasteiger partial charge in [0.25, 0.3) is 10.0 Å². The molecule has 0 bridgehead atoms. The van der Waals surface area contributed by atoms with E-state index in [9.17, 15) is 8.42 Å². The third-order valence-electron chi connectivity index (χ3n) is 3.58. The van der Waals surface area contributed by atoms with E-state index in [0.29, 0.717) is 18.7 Å². The number of hydrogen-bond donors (Lipinski definition) is 3. The molecule has 0 saturated carbocycles. The van der Waals surface area contributed by atoms with E-state index in [4.69, 9.17) is 0 Å². The fraction of sp³-hybridized carbons (Fsp3) is 0.750. The fourth-order valence-corrected chi connectivity index (χ4v) is 5.03. The second-order valence-electron chi connectivity index (χ2n) is 5.39. The van der Waals surface area contributed by atoms with Crippen LogP contribution in [0, 0.1) is 6.92 Å². The largest absolute Gasteiger partial charge is 0.316 e. The van der Waals surface area contributed by atoms with Gasteiger partial charge in [-0.3, -0.25) is 5.10 Å². The lowest BCUT2D eigenvalue weighted by Crippen LogP contribution is -2.37. The van der Waals surface area contributed by atoms with Gasteiger partial charge in [0.05, 0.1) is 0 Å². The SMILES string of the molecule is CNCc1c(S(=O)(=O)NCC2(C)CCCS2)n[nH]c1C. The normalized spacial score (nSPS) is 23.4. The summed E-state index contributed by atoms with van der Waals surface area (Å²) in [6.45, 7) is 4.86. The number of sulfonamides is 1. The Bertz CT molecular complexity index is 562. The minimum absolute atomic E-state index is 0.00158. The molecule has 0 aliphatic carbocycles. The van der Waals surface area contributed by atoms with E-state index in [1.54, 1.807) is 7.05 Å². The van der Waals surface area contributed by atoms with Gasteiger partial charge in [-0.15, -0.1) is 0 Å². The van der Waals surface area contributed by atoms with Crippen LogP contribution in [-0.4, -0.2) is 42.7 Å². The van der Waals surface area contributed by atoms with Crippen molar-refractivity contribution in [2.24, 2.45) is 0 Å². The van der Waals surface area contributed by atoms with Crippen molar-refractivity contribution in [1.82, 2.24) is 20.2 Å². The van der Waals surface area contributed by atoms with Crippen molar-refractivity contribution in [1.29, 1.82) is 0 Å². The average molecular weight is 318 g/mol. The van der Waals surface area contributed by atoms with Gasteiger partial charge in [0.2, 0.25) is 0 Å². The number of thioether (sulfide) groups is 1. The van der Waals surface area contributed by atoms with Crippen molar-refractivity contribution in [3.8, 4) is 0 Å². The molecular weight excluding hydrogens is 296 g/mol. The Labute approximate surface area is 124 Å². The number of H-pyrrole nitrogens is 1. The number of rotatable bonds is 6. The summed E-state index contributed by atoms with van der Waals surface area (Å²) >= 11 is 1.83. The zero-order valence-electron chi connectivity index (χ0n) is 12.1. The summed E-state index contributed by atoms with van der Waals surface area (Å²) in [5.41, 5.74) is 1.48. The van der Waals surface area contributed by atoms with E-state index in [2.05, 4.69) is 27.2 Å². The molecule has 0 aromatic carbocycles. The molecule has 114 valence electrons. The Hall–Kier alpha value is -0.570. The molecule has 6 nitrogen and oxygen atoms in total.